The SMILES string of the molecule is CCN(c1ccc(C(C)N)c(O)c1)C1CCCCC1. The first-order chi connectivity index (χ1) is 9.13. The van der Waals surface area contributed by atoms with Crippen molar-refractivity contribution < 1.29 is 5.11 Å². The Morgan fingerprint density at radius 1 is 1.32 bits per heavy atom. The zero-order chi connectivity index (χ0) is 13.8. The van der Waals surface area contributed by atoms with Gasteiger partial charge in [0.25, 0.3) is 0 Å². The Morgan fingerprint density at radius 2 is 2.00 bits per heavy atom. The predicted octanol–water partition coefficient (Wildman–Crippen LogP) is 3.57. The van der Waals surface area contributed by atoms with Crippen LogP contribution in [0.3, 0.4) is 0 Å². The van der Waals surface area contributed by atoms with Gasteiger partial charge >= 0.3 is 0 Å². The Hall–Kier alpha value is -1.22. The number of rotatable bonds is 4. The van der Waals surface area contributed by atoms with Gasteiger partial charge in [-0.1, -0.05) is 25.3 Å². The van der Waals surface area contributed by atoms with Crippen LogP contribution in [0.5, 0.6) is 5.75 Å². The second-order valence-corrected chi connectivity index (χ2v) is 5.61. The molecule has 3 nitrogen and oxygen atoms in total. The highest BCUT2D eigenvalue weighted by molar-refractivity contribution is 5.54. The van der Waals surface area contributed by atoms with Crippen LogP contribution in [0.2, 0.25) is 0 Å². The van der Waals surface area contributed by atoms with Crippen LogP contribution in [0.1, 0.15) is 57.6 Å². The highest BCUT2D eigenvalue weighted by Gasteiger charge is 2.21. The molecule has 0 heterocycles. The Balaban J connectivity index is 2.20. The van der Waals surface area contributed by atoms with E-state index in [1.807, 2.05) is 19.1 Å². The molecule has 0 radical (unpaired) electrons. The fourth-order valence-electron chi connectivity index (χ4n) is 3.14. The average Bonchev–Trinajstić information content (AvgIpc) is 2.40. The molecule has 0 aliphatic heterocycles. The summed E-state index contributed by atoms with van der Waals surface area (Å²) < 4.78 is 0. The molecule has 1 saturated carbocycles. The van der Waals surface area contributed by atoms with Crippen LogP contribution >= 0.6 is 0 Å². The molecule has 1 aromatic carbocycles. The smallest absolute Gasteiger partial charge is 0.122 e. The quantitative estimate of drug-likeness (QED) is 0.872. The molecule has 106 valence electrons. The maximum absolute atomic E-state index is 10.1. The van der Waals surface area contributed by atoms with Gasteiger partial charge in [0.1, 0.15) is 5.75 Å². The molecule has 0 spiro atoms. The molecule has 1 aliphatic rings. The standard InChI is InChI=1S/C16H26N2O/c1-3-18(13-7-5-4-6-8-13)14-9-10-15(12(2)17)16(19)11-14/h9-13,19H,3-8,17H2,1-2H3. The van der Waals surface area contributed by atoms with Gasteiger partial charge in [-0.2, -0.15) is 0 Å². The zero-order valence-electron chi connectivity index (χ0n) is 12.1. The minimum atomic E-state index is -0.126. The highest BCUT2D eigenvalue weighted by atomic mass is 16.3. The third-order valence-corrected chi connectivity index (χ3v) is 4.19. The Labute approximate surface area is 116 Å². The number of anilines is 1. The molecule has 0 bridgehead atoms. The highest BCUT2D eigenvalue weighted by Crippen LogP contribution is 2.32. The summed E-state index contributed by atoms with van der Waals surface area (Å²) >= 11 is 0. The second-order valence-electron chi connectivity index (χ2n) is 5.61. The molecule has 2 rings (SSSR count). The first-order valence-corrected chi connectivity index (χ1v) is 7.48. The number of aromatic hydroxyl groups is 1. The summed E-state index contributed by atoms with van der Waals surface area (Å²) in [5, 5.41) is 10.1. The van der Waals surface area contributed by atoms with E-state index in [1.165, 1.54) is 32.1 Å². The van der Waals surface area contributed by atoms with Crippen molar-refractivity contribution in [2.75, 3.05) is 11.4 Å². The molecule has 1 atom stereocenters. The van der Waals surface area contributed by atoms with Crippen LogP contribution in [0.25, 0.3) is 0 Å². The molecule has 3 N–H and O–H groups in total. The Morgan fingerprint density at radius 3 is 2.53 bits per heavy atom. The largest absolute Gasteiger partial charge is 0.508 e. The van der Waals surface area contributed by atoms with E-state index in [0.717, 1.165) is 17.8 Å². The summed E-state index contributed by atoms with van der Waals surface area (Å²) in [6, 6.07) is 6.42. The van der Waals surface area contributed by atoms with Crippen molar-refractivity contribution in [2.24, 2.45) is 5.73 Å². The summed E-state index contributed by atoms with van der Waals surface area (Å²) in [6.07, 6.45) is 6.55. The summed E-state index contributed by atoms with van der Waals surface area (Å²) in [5.41, 5.74) is 7.79. The molecular weight excluding hydrogens is 236 g/mol. The molecule has 0 amide bonds. The lowest BCUT2D eigenvalue weighted by Crippen LogP contribution is -2.36. The van der Waals surface area contributed by atoms with Gasteiger partial charge in [0.05, 0.1) is 0 Å². The Kier molecular flexibility index (Phi) is 4.70. The first kappa shape index (κ1) is 14.2. The summed E-state index contributed by atoms with van der Waals surface area (Å²) in [4.78, 5) is 2.42. The maximum Gasteiger partial charge on any atom is 0.122 e. The van der Waals surface area contributed by atoms with Crippen molar-refractivity contribution in [2.45, 2.75) is 58.0 Å². The fourth-order valence-corrected chi connectivity index (χ4v) is 3.14. The third-order valence-electron chi connectivity index (χ3n) is 4.19. The molecule has 1 unspecified atom stereocenters. The fraction of sp³-hybridized carbons (Fsp3) is 0.625. The lowest BCUT2D eigenvalue weighted by atomic mass is 9.93. The number of benzene rings is 1. The van der Waals surface area contributed by atoms with Gasteiger partial charge in [-0.3, -0.25) is 0 Å². The van der Waals surface area contributed by atoms with Crippen molar-refractivity contribution >= 4 is 5.69 Å². The zero-order valence-corrected chi connectivity index (χ0v) is 12.1. The van der Waals surface area contributed by atoms with Gasteiger partial charge in [-0.05, 0) is 32.8 Å². The number of hydrogen-bond donors (Lipinski definition) is 2. The number of phenolic OH excluding ortho intramolecular Hbond substituents is 1. The second kappa shape index (κ2) is 6.29. The van der Waals surface area contributed by atoms with E-state index < -0.39 is 0 Å². The number of phenols is 1. The van der Waals surface area contributed by atoms with E-state index in [1.54, 1.807) is 0 Å². The van der Waals surface area contributed by atoms with E-state index in [4.69, 9.17) is 5.73 Å². The lowest BCUT2D eigenvalue weighted by molar-refractivity contribution is 0.417. The van der Waals surface area contributed by atoms with Crippen LogP contribution in [0.4, 0.5) is 5.69 Å². The molecular formula is C16H26N2O. The van der Waals surface area contributed by atoms with Gasteiger partial charge in [-0.25, -0.2) is 0 Å². The van der Waals surface area contributed by atoms with Crippen molar-refractivity contribution in [3.05, 3.63) is 23.8 Å². The lowest BCUT2D eigenvalue weighted by Gasteiger charge is -2.35. The monoisotopic (exact) mass is 262 g/mol. The molecule has 1 fully saturated rings. The molecule has 3 heteroatoms. The molecule has 1 aromatic rings. The van der Waals surface area contributed by atoms with Gasteiger partial charge in [0, 0.05) is 35.9 Å². The topological polar surface area (TPSA) is 49.5 Å². The molecule has 0 saturated heterocycles. The van der Waals surface area contributed by atoms with Crippen LogP contribution in [-0.4, -0.2) is 17.7 Å². The Bertz CT molecular complexity index is 411. The number of hydrogen-bond acceptors (Lipinski definition) is 3. The molecule has 0 aromatic heterocycles. The minimum absolute atomic E-state index is 0.126. The van der Waals surface area contributed by atoms with Crippen molar-refractivity contribution in [1.29, 1.82) is 0 Å². The average molecular weight is 262 g/mol. The number of nitrogens with zero attached hydrogens (tertiary/aromatic N) is 1. The van der Waals surface area contributed by atoms with E-state index >= 15 is 0 Å². The van der Waals surface area contributed by atoms with Crippen LogP contribution in [-0.2, 0) is 0 Å². The minimum Gasteiger partial charge on any atom is -0.508 e. The van der Waals surface area contributed by atoms with Crippen LogP contribution in [0.15, 0.2) is 18.2 Å². The van der Waals surface area contributed by atoms with Crippen molar-refractivity contribution in [3.63, 3.8) is 0 Å². The van der Waals surface area contributed by atoms with Crippen molar-refractivity contribution in [1.82, 2.24) is 0 Å². The molecule has 19 heavy (non-hydrogen) atoms. The summed E-state index contributed by atoms with van der Waals surface area (Å²) in [5.74, 6) is 0.321. The van der Waals surface area contributed by atoms with Crippen molar-refractivity contribution in [3.8, 4) is 5.75 Å². The maximum atomic E-state index is 10.1. The number of nitrogens with two attached hydrogens (primary N) is 1. The van der Waals surface area contributed by atoms with E-state index in [2.05, 4.69) is 17.9 Å². The van der Waals surface area contributed by atoms with E-state index in [0.29, 0.717) is 11.8 Å². The van der Waals surface area contributed by atoms with Gasteiger partial charge in [-0.15, -0.1) is 0 Å². The third kappa shape index (κ3) is 3.21. The van der Waals surface area contributed by atoms with Gasteiger partial charge < -0.3 is 15.7 Å². The van der Waals surface area contributed by atoms with Gasteiger partial charge in [0.15, 0.2) is 0 Å². The molecule has 1 aliphatic carbocycles. The first-order valence-electron chi connectivity index (χ1n) is 7.48. The van der Waals surface area contributed by atoms with Crippen LogP contribution < -0.4 is 10.6 Å². The predicted molar refractivity (Wildman–Crippen MR) is 80.6 cm³/mol. The summed E-state index contributed by atoms with van der Waals surface area (Å²) in [7, 11) is 0. The van der Waals surface area contributed by atoms with Crippen LogP contribution in [0, 0.1) is 0 Å². The van der Waals surface area contributed by atoms with E-state index in [-0.39, 0.29) is 6.04 Å². The van der Waals surface area contributed by atoms with E-state index in [9.17, 15) is 5.11 Å². The van der Waals surface area contributed by atoms with Gasteiger partial charge in [0.2, 0.25) is 0 Å². The normalized spacial score (nSPS) is 18.3. The summed E-state index contributed by atoms with van der Waals surface area (Å²) in [6.45, 7) is 5.07.